The minimum absolute atomic E-state index is 0.185. The molecule has 3 rings (SSSR count). The van der Waals surface area contributed by atoms with Crippen molar-refractivity contribution in [3.63, 3.8) is 0 Å². The van der Waals surface area contributed by atoms with Crippen LogP contribution in [-0.4, -0.2) is 16.3 Å². The van der Waals surface area contributed by atoms with Gasteiger partial charge in [0.1, 0.15) is 6.10 Å². The maximum atomic E-state index is 6.20. The van der Waals surface area contributed by atoms with Crippen molar-refractivity contribution in [3.8, 4) is 0 Å². The van der Waals surface area contributed by atoms with Crippen LogP contribution < -0.4 is 0 Å². The van der Waals surface area contributed by atoms with Crippen molar-refractivity contribution in [1.82, 2.24) is 4.98 Å². The molecule has 1 heterocycles. The summed E-state index contributed by atoms with van der Waals surface area (Å²) in [5.74, 6) is 0.857. The molecule has 0 N–H and O–H groups in total. The molecule has 1 saturated carbocycles. The average molecular weight is 369 g/mol. The highest BCUT2D eigenvalue weighted by Crippen LogP contribution is 2.27. The van der Waals surface area contributed by atoms with Gasteiger partial charge in [-0.05, 0) is 54.4 Å². The topological polar surface area (TPSA) is 34.5 Å². The molecule has 0 atom stereocenters. The Hall–Kier alpha value is -1.81. The molecule has 26 heavy (non-hydrogen) atoms. The summed E-state index contributed by atoms with van der Waals surface area (Å²) in [6, 6.07) is 12.7. The van der Waals surface area contributed by atoms with Crippen LogP contribution in [0.15, 0.2) is 53.8 Å². The number of ether oxygens (including phenoxy) is 1. The Morgan fingerprint density at radius 2 is 1.88 bits per heavy atom. The van der Waals surface area contributed by atoms with Gasteiger partial charge in [0.05, 0.1) is 11.9 Å². The SMILES string of the molecule is CC(C)(C)c1ccc(CSC(=Nc2cccnc2)OC2CCCC2)cc1. The van der Waals surface area contributed by atoms with Gasteiger partial charge in [0.2, 0.25) is 0 Å². The average Bonchev–Trinajstić information content (AvgIpc) is 3.13. The van der Waals surface area contributed by atoms with E-state index in [9.17, 15) is 0 Å². The summed E-state index contributed by atoms with van der Waals surface area (Å²) in [5.41, 5.74) is 3.68. The molecule has 1 fully saturated rings. The zero-order valence-corrected chi connectivity index (χ0v) is 16.8. The lowest BCUT2D eigenvalue weighted by molar-refractivity contribution is 0.204. The van der Waals surface area contributed by atoms with Crippen LogP contribution in [0.5, 0.6) is 0 Å². The Morgan fingerprint density at radius 1 is 1.15 bits per heavy atom. The quantitative estimate of drug-likeness (QED) is 0.472. The fourth-order valence-corrected chi connectivity index (χ4v) is 3.87. The Balaban J connectivity index is 1.68. The molecule has 2 aromatic rings. The molecule has 0 aliphatic heterocycles. The number of rotatable bonds is 4. The highest BCUT2D eigenvalue weighted by molar-refractivity contribution is 8.12. The van der Waals surface area contributed by atoms with E-state index in [1.807, 2.05) is 12.1 Å². The third kappa shape index (κ3) is 5.60. The lowest BCUT2D eigenvalue weighted by Gasteiger charge is -2.19. The number of pyridine rings is 1. The summed E-state index contributed by atoms with van der Waals surface area (Å²) in [6.45, 7) is 6.72. The summed E-state index contributed by atoms with van der Waals surface area (Å²) in [5, 5.41) is 0.754. The number of thioether (sulfide) groups is 1. The Bertz CT molecular complexity index is 714. The first kappa shape index (κ1) is 19.0. The van der Waals surface area contributed by atoms with Crippen molar-refractivity contribution >= 4 is 22.7 Å². The second-order valence-corrected chi connectivity index (χ2v) is 8.78. The molecule has 0 amide bonds. The highest BCUT2D eigenvalue weighted by atomic mass is 32.2. The van der Waals surface area contributed by atoms with Crippen molar-refractivity contribution < 1.29 is 4.74 Å². The van der Waals surface area contributed by atoms with Crippen molar-refractivity contribution in [2.75, 3.05) is 0 Å². The van der Waals surface area contributed by atoms with E-state index >= 15 is 0 Å². The first-order valence-corrected chi connectivity index (χ1v) is 10.4. The van der Waals surface area contributed by atoms with Crippen LogP contribution in [0.4, 0.5) is 5.69 Å². The second kappa shape index (κ2) is 8.72. The van der Waals surface area contributed by atoms with Gasteiger partial charge in [-0.2, -0.15) is 0 Å². The maximum absolute atomic E-state index is 6.20. The normalized spacial score (nSPS) is 16.0. The van der Waals surface area contributed by atoms with E-state index in [-0.39, 0.29) is 5.41 Å². The molecule has 0 saturated heterocycles. The number of nitrogens with zero attached hydrogens (tertiary/aromatic N) is 2. The number of hydrogen-bond acceptors (Lipinski definition) is 4. The molecular weight excluding hydrogens is 340 g/mol. The molecule has 0 spiro atoms. The summed E-state index contributed by atoms with van der Waals surface area (Å²) < 4.78 is 6.20. The van der Waals surface area contributed by atoms with Crippen LogP contribution in [0.25, 0.3) is 0 Å². The van der Waals surface area contributed by atoms with Gasteiger partial charge < -0.3 is 4.74 Å². The van der Waals surface area contributed by atoms with E-state index in [1.165, 1.54) is 24.0 Å². The van der Waals surface area contributed by atoms with Gasteiger partial charge in [-0.25, -0.2) is 4.99 Å². The summed E-state index contributed by atoms with van der Waals surface area (Å²) >= 11 is 1.67. The zero-order valence-electron chi connectivity index (χ0n) is 15.9. The van der Waals surface area contributed by atoms with Crippen molar-refractivity contribution in [1.29, 1.82) is 0 Å². The van der Waals surface area contributed by atoms with Crippen molar-refractivity contribution in [2.24, 2.45) is 4.99 Å². The van der Waals surface area contributed by atoms with E-state index < -0.39 is 0 Å². The van der Waals surface area contributed by atoms with Crippen LogP contribution >= 0.6 is 11.8 Å². The summed E-state index contributed by atoms with van der Waals surface area (Å²) in [4.78, 5) is 8.84. The Kier molecular flexibility index (Phi) is 6.36. The van der Waals surface area contributed by atoms with Crippen LogP contribution in [0.1, 0.15) is 57.6 Å². The van der Waals surface area contributed by atoms with E-state index in [0.29, 0.717) is 6.10 Å². The second-order valence-electron chi connectivity index (χ2n) is 7.85. The van der Waals surface area contributed by atoms with Gasteiger partial charge in [-0.3, -0.25) is 4.98 Å². The van der Waals surface area contributed by atoms with E-state index in [4.69, 9.17) is 4.74 Å². The number of benzene rings is 1. The molecule has 0 bridgehead atoms. The molecule has 138 valence electrons. The van der Waals surface area contributed by atoms with Crippen molar-refractivity contribution in [2.45, 2.75) is 63.7 Å². The van der Waals surface area contributed by atoms with Crippen LogP contribution in [0, 0.1) is 0 Å². The number of hydrogen-bond donors (Lipinski definition) is 0. The predicted octanol–water partition coefficient (Wildman–Crippen LogP) is 6.26. The van der Waals surface area contributed by atoms with Gasteiger partial charge in [-0.1, -0.05) is 56.8 Å². The van der Waals surface area contributed by atoms with Gasteiger partial charge in [0, 0.05) is 11.9 Å². The Morgan fingerprint density at radius 3 is 2.50 bits per heavy atom. The third-order valence-electron chi connectivity index (χ3n) is 4.62. The smallest absolute Gasteiger partial charge is 0.251 e. The minimum Gasteiger partial charge on any atom is -0.469 e. The molecule has 3 nitrogen and oxygen atoms in total. The minimum atomic E-state index is 0.185. The van der Waals surface area contributed by atoms with Crippen LogP contribution in [-0.2, 0) is 15.9 Å². The van der Waals surface area contributed by atoms with Crippen LogP contribution in [0.2, 0.25) is 0 Å². The fourth-order valence-electron chi connectivity index (χ4n) is 3.01. The monoisotopic (exact) mass is 368 g/mol. The molecular formula is C22H28N2OS. The molecule has 1 aliphatic carbocycles. The molecule has 0 unspecified atom stereocenters. The first-order chi connectivity index (χ1) is 12.5. The standard InChI is InChI=1S/C22H28N2OS/c1-22(2,3)18-12-10-17(11-13-18)16-26-21(25-20-8-4-5-9-20)24-19-7-6-14-23-15-19/h6-7,10-15,20H,4-5,8-9,16H2,1-3H3. The third-order valence-corrected chi connectivity index (χ3v) is 5.53. The molecule has 0 radical (unpaired) electrons. The summed E-state index contributed by atoms with van der Waals surface area (Å²) in [7, 11) is 0. The van der Waals surface area contributed by atoms with Gasteiger partial charge >= 0.3 is 0 Å². The highest BCUT2D eigenvalue weighted by Gasteiger charge is 2.19. The first-order valence-electron chi connectivity index (χ1n) is 9.38. The fraction of sp³-hybridized carbons (Fsp3) is 0.455. The van der Waals surface area contributed by atoms with E-state index in [0.717, 1.165) is 29.5 Å². The summed E-state index contributed by atoms with van der Waals surface area (Å²) in [6.07, 6.45) is 8.62. The molecule has 1 aromatic heterocycles. The van der Waals surface area contributed by atoms with E-state index in [1.54, 1.807) is 24.2 Å². The number of aliphatic imine (C=N–C) groups is 1. The number of aromatic nitrogens is 1. The molecule has 1 aromatic carbocycles. The maximum Gasteiger partial charge on any atom is 0.251 e. The van der Waals surface area contributed by atoms with Gasteiger partial charge in [-0.15, -0.1) is 0 Å². The lowest BCUT2D eigenvalue weighted by atomic mass is 9.87. The molecule has 4 heteroatoms. The van der Waals surface area contributed by atoms with Gasteiger partial charge in [0.25, 0.3) is 5.23 Å². The lowest BCUT2D eigenvalue weighted by Crippen LogP contribution is -2.12. The Labute approximate surface area is 161 Å². The predicted molar refractivity (Wildman–Crippen MR) is 111 cm³/mol. The molecule has 1 aliphatic rings. The zero-order chi connectivity index (χ0) is 18.4. The van der Waals surface area contributed by atoms with E-state index in [2.05, 4.69) is 55.0 Å². The largest absolute Gasteiger partial charge is 0.469 e. The van der Waals surface area contributed by atoms with Gasteiger partial charge in [0.15, 0.2) is 0 Å². The van der Waals surface area contributed by atoms with Crippen LogP contribution in [0.3, 0.4) is 0 Å². The van der Waals surface area contributed by atoms with Crippen molar-refractivity contribution in [3.05, 3.63) is 59.9 Å².